The first-order valence-electron chi connectivity index (χ1n) is 9.43. The summed E-state index contributed by atoms with van der Waals surface area (Å²) in [6, 6.07) is 21.0. The number of hydrogen-bond donors (Lipinski definition) is 1. The van der Waals surface area contributed by atoms with Gasteiger partial charge in [-0.2, -0.15) is 0 Å². The number of methoxy groups -OCH3 is 1. The number of ketones is 1. The molecule has 4 aromatic rings. The number of anilines is 1. The van der Waals surface area contributed by atoms with E-state index in [0.717, 1.165) is 4.47 Å². The lowest BCUT2D eigenvalue weighted by Gasteiger charge is -2.08. The van der Waals surface area contributed by atoms with E-state index in [1.165, 1.54) is 7.11 Å². The van der Waals surface area contributed by atoms with Gasteiger partial charge in [0.15, 0.2) is 12.4 Å². The Morgan fingerprint density at radius 2 is 1.74 bits per heavy atom. The van der Waals surface area contributed by atoms with Crippen LogP contribution in [0.3, 0.4) is 0 Å². The van der Waals surface area contributed by atoms with Gasteiger partial charge in [0.05, 0.1) is 12.8 Å². The van der Waals surface area contributed by atoms with E-state index in [1.54, 1.807) is 54.6 Å². The van der Waals surface area contributed by atoms with E-state index in [4.69, 9.17) is 13.9 Å². The molecule has 0 radical (unpaired) electrons. The lowest BCUT2D eigenvalue weighted by atomic mass is 10.1. The van der Waals surface area contributed by atoms with Gasteiger partial charge in [-0.1, -0.05) is 40.2 Å². The van der Waals surface area contributed by atoms with Gasteiger partial charge < -0.3 is 19.2 Å². The normalized spacial score (nSPS) is 10.6. The molecule has 31 heavy (non-hydrogen) atoms. The number of amides is 1. The minimum atomic E-state index is -0.408. The summed E-state index contributed by atoms with van der Waals surface area (Å²) in [5, 5.41) is 3.41. The molecule has 0 bridgehead atoms. The smallest absolute Gasteiger partial charge is 0.262 e. The molecule has 0 aliphatic carbocycles. The summed E-state index contributed by atoms with van der Waals surface area (Å²) in [4.78, 5) is 25.7. The Balaban J connectivity index is 1.61. The number of carbonyl (C=O) groups is 2. The molecule has 6 nitrogen and oxygen atoms in total. The van der Waals surface area contributed by atoms with Gasteiger partial charge in [-0.05, 0) is 48.5 Å². The Morgan fingerprint density at radius 3 is 2.52 bits per heavy atom. The number of benzene rings is 3. The average Bonchev–Trinajstić information content (AvgIpc) is 3.16. The highest BCUT2D eigenvalue weighted by Crippen LogP contribution is 2.33. The van der Waals surface area contributed by atoms with Crippen LogP contribution in [-0.2, 0) is 4.79 Å². The van der Waals surface area contributed by atoms with Crippen LogP contribution in [-0.4, -0.2) is 25.4 Å². The molecule has 0 atom stereocenters. The Labute approximate surface area is 186 Å². The van der Waals surface area contributed by atoms with Crippen LogP contribution in [0.1, 0.15) is 16.1 Å². The summed E-state index contributed by atoms with van der Waals surface area (Å²) in [5.74, 6) is 0.387. The highest BCUT2D eigenvalue weighted by Gasteiger charge is 2.23. The second kappa shape index (κ2) is 9.06. The molecule has 0 saturated carbocycles. The summed E-state index contributed by atoms with van der Waals surface area (Å²) >= 11 is 3.35. The Morgan fingerprint density at radius 1 is 0.968 bits per heavy atom. The van der Waals surface area contributed by atoms with Crippen molar-refractivity contribution in [3.8, 4) is 11.5 Å². The largest absolute Gasteiger partial charge is 0.497 e. The molecule has 1 aromatic heterocycles. The third kappa shape index (κ3) is 4.62. The first-order valence-corrected chi connectivity index (χ1v) is 10.2. The van der Waals surface area contributed by atoms with E-state index in [-0.39, 0.29) is 18.2 Å². The predicted octanol–water partition coefficient (Wildman–Crippen LogP) is 5.45. The second-order valence-electron chi connectivity index (χ2n) is 6.65. The summed E-state index contributed by atoms with van der Waals surface area (Å²) < 4.78 is 17.5. The number of fused-ring (bicyclic) bond motifs is 1. The predicted molar refractivity (Wildman–Crippen MR) is 121 cm³/mol. The maximum Gasteiger partial charge on any atom is 0.262 e. The van der Waals surface area contributed by atoms with Gasteiger partial charge in [0.2, 0.25) is 5.78 Å². The van der Waals surface area contributed by atoms with Crippen molar-refractivity contribution in [1.82, 2.24) is 0 Å². The fourth-order valence-corrected chi connectivity index (χ4v) is 3.34. The van der Waals surface area contributed by atoms with Crippen molar-refractivity contribution in [1.29, 1.82) is 0 Å². The standard InChI is InChI=1S/C24H18BrNO5/c1-29-18-6-4-5-15(13-18)23(28)24-22(19-7-2-3-8-20(19)31-24)26-21(27)14-30-17-11-9-16(25)10-12-17/h2-13H,14H2,1H3,(H,26,27). The van der Waals surface area contributed by atoms with Crippen LogP contribution in [0.5, 0.6) is 11.5 Å². The Bertz CT molecular complexity index is 1250. The van der Waals surface area contributed by atoms with Crippen molar-refractivity contribution in [2.24, 2.45) is 0 Å². The van der Waals surface area contributed by atoms with Crippen molar-refractivity contribution in [2.45, 2.75) is 0 Å². The molecule has 0 aliphatic rings. The molecule has 0 aliphatic heterocycles. The van der Waals surface area contributed by atoms with Crippen molar-refractivity contribution < 1.29 is 23.5 Å². The lowest BCUT2D eigenvalue weighted by Crippen LogP contribution is -2.21. The maximum atomic E-state index is 13.2. The fraction of sp³-hybridized carbons (Fsp3) is 0.0833. The molecule has 1 heterocycles. The van der Waals surface area contributed by atoms with Crippen LogP contribution < -0.4 is 14.8 Å². The van der Waals surface area contributed by atoms with E-state index in [2.05, 4.69) is 21.2 Å². The van der Waals surface area contributed by atoms with Crippen LogP contribution in [0, 0.1) is 0 Å². The summed E-state index contributed by atoms with van der Waals surface area (Å²) in [5.41, 5.74) is 1.20. The number of hydrogen-bond acceptors (Lipinski definition) is 5. The van der Waals surface area contributed by atoms with Gasteiger partial charge in [-0.3, -0.25) is 9.59 Å². The summed E-state index contributed by atoms with van der Waals surface area (Å²) in [6.07, 6.45) is 0. The van der Waals surface area contributed by atoms with Crippen LogP contribution >= 0.6 is 15.9 Å². The SMILES string of the molecule is COc1cccc(C(=O)c2oc3ccccc3c2NC(=O)COc2ccc(Br)cc2)c1. The number of carbonyl (C=O) groups excluding carboxylic acids is 2. The van der Waals surface area contributed by atoms with Gasteiger partial charge in [-0.15, -0.1) is 0 Å². The molecule has 4 rings (SSSR count). The minimum absolute atomic E-state index is 0.0476. The summed E-state index contributed by atoms with van der Waals surface area (Å²) in [6.45, 7) is -0.214. The van der Waals surface area contributed by atoms with Crippen LogP contribution in [0.25, 0.3) is 11.0 Å². The van der Waals surface area contributed by atoms with Crippen LogP contribution in [0.15, 0.2) is 81.7 Å². The first kappa shape index (κ1) is 20.7. The summed E-state index contributed by atoms with van der Waals surface area (Å²) in [7, 11) is 1.53. The maximum absolute atomic E-state index is 13.2. The lowest BCUT2D eigenvalue weighted by molar-refractivity contribution is -0.118. The van der Waals surface area contributed by atoms with Crippen LogP contribution in [0.4, 0.5) is 5.69 Å². The zero-order valence-corrected chi connectivity index (χ0v) is 18.1. The molecule has 0 spiro atoms. The molecule has 156 valence electrons. The van der Waals surface area contributed by atoms with Gasteiger partial charge in [0.1, 0.15) is 17.1 Å². The third-order valence-electron chi connectivity index (χ3n) is 4.58. The first-order chi connectivity index (χ1) is 15.0. The topological polar surface area (TPSA) is 77.8 Å². The number of ether oxygens (including phenoxy) is 2. The molecular formula is C24H18BrNO5. The monoisotopic (exact) mass is 479 g/mol. The van der Waals surface area contributed by atoms with Crippen molar-refractivity contribution in [3.05, 3.63) is 88.6 Å². The number of rotatable bonds is 7. The highest BCUT2D eigenvalue weighted by molar-refractivity contribution is 9.10. The number of nitrogens with one attached hydrogen (secondary N) is 1. The van der Waals surface area contributed by atoms with Gasteiger partial charge in [-0.25, -0.2) is 0 Å². The van der Waals surface area contributed by atoms with Crippen molar-refractivity contribution in [2.75, 3.05) is 19.0 Å². The molecule has 0 unspecified atom stereocenters. The fourth-order valence-electron chi connectivity index (χ4n) is 3.08. The molecule has 0 saturated heterocycles. The quantitative estimate of drug-likeness (QED) is 0.356. The third-order valence-corrected chi connectivity index (χ3v) is 5.11. The second-order valence-corrected chi connectivity index (χ2v) is 7.57. The van der Waals surface area contributed by atoms with E-state index in [9.17, 15) is 9.59 Å². The zero-order chi connectivity index (χ0) is 21.8. The van der Waals surface area contributed by atoms with Gasteiger partial charge >= 0.3 is 0 Å². The van der Waals surface area contributed by atoms with Crippen molar-refractivity contribution >= 4 is 44.3 Å². The van der Waals surface area contributed by atoms with Crippen LogP contribution in [0.2, 0.25) is 0 Å². The Kier molecular flexibility index (Phi) is 6.04. The molecule has 0 fully saturated rings. The number of para-hydroxylation sites is 1. The highest BCUT2D eigenvalue weighted by atomic mass is 79.9. The molecule has 7 heteroatoms. The average molecular weight is 480 g/mol. The molecule has 3 aromatic carbocycles. The van der Waals surface area contributed by atoms with Gasteiger partial charge in [0, 0.05) is 15.4 Å². The van der Waals surface area contributed by atoms with E-state index in [0.29, 0.717) is 33.7 Å². The van der Waals surface area contributed by atoms with E-state index in [1.807, 2.05) is 18.2 Å². The van der Waals surface area contributed by atoms with E-state index < -0.39 is 5.91 Å². The number of furan rings is 1. The molecule has 1 N–H and O–H groups in total. The number of halogens is 1. The van der Waals surface area contributed by atoms with Gasteiger partial charge in [0.25, 0.3) is 5.91 Å². The molecule has 1 amide bonds. The molecular weight excluding hydrogens is 462 g/mol. The minimum Gasteiger partial charge on any atom is -0.497 e. The van der Waals surface area contributed by atoms with E-state index >= 15 is 0 Å². The Hall–Kier alpha value is -3.58. The van der Waals surface area contributed by atoms with Crippen molar-refractivity contribution in [3.63, 3.8) is 0 Å². The zero-order valence-electron chi connectivity index (χ0n) is 16.6.